The molecule has 0 aromatic heterocycles. The van der Waals surface area contributed by atoms with Gasteiger partial charge in [0.25, 0.3) is 0 Å². The third-order valence-electron chi connectivity index (χ3n) is 6.71. The first kappa shape index (κ1) is 25.5. The highest BCUT2D eigenvalue weighted by atomic mass is 32.2. The van der Waals surface area contributed by atoms with Crippen molar-refractivity contribution in [3.05, 3.63) is 53.0 Å². The highest BCUT2D eigenvalue weighted by Gasteiger charge is 2.44. The van der Waals surface area contributed by atoms with Gasteiger partial charge >= 0.3 is 12.1 Å². The third kappa shape index (κ3) is 7.43. The van der Waals surface area contributed by atoms with E-state index in [0.717, 1.165) is 49.6 Å². The largest absolute Gasteiger partial charge is 0.481 e. The van der Waals surface area contributed by atoms with Gasteiger partial charge in [0.05, 0.1) is 5.56 Å². The lowest BCUT2D eigenvalue weighted by Gasteiger charge is -2.48. The molecule has 2 bridgehead atoms. The summed E-state index contributed by atoms with van der Waals surface area (Å²) in [5.41, 5.74) is -0.405. The number of fused-ring (bicyclic) bond motifs is 3. The van der Waals surface area contributed by atoms with Crippen LogP contribution in [-0.4, -0.2) is 25.5 Å². The maximum Gasteiger partial charge on any atom is 0.416 e. The van der Waals surface area contributed by atoms with Gasteiger partial charge in [-0.2, -0.15) is 13.2 Å². The molecule has 3 saturated carbocycles. The number of aliphatic carboxylic acids is 1. The number of carboxylic acid groups (broad SMARTS) is 1. The van der Waals surface area contributed by atoms with Crippen molar-refractivity contribution < 1.29 is 31.5 Å². The number of sulfonamides is 1. The number of halogens is 3. The van der Waals surface area contributed by atoms with Crippen LogP contribution in [0.25, 0.3) is 6.08 Å². The smallest absolute Gasteiger partial charge is 0.416 e. The monoisotopic (exact) mass is 485 g/mol. The van der Waals surface area contributed by atoms with Crippen LogP contribution in [0.3, 0.4) is 0 Å². The van der Waals surface area contributed by atoms with E-state index < -0.39 is 27.7 Å². The number of benzene rings is 1. The van der Waals surface area contributed by atoms with Gasteiger partial charge < -0.3 is 5.11 Å². The molecule has 0 radical (unpaired) electrons. The highest BCUT2D eigenvalue weighted by molar-refractivity contribution is 7.92. The van der Waals surface area contributed by atoms with Gasteiger partial charge in [-0.25, -0.2) is 13.1 Å². The summed E-state index contributed by atoms with van der Waals surface area (Å²) in [5.74, 6) is 0.0918. The first-order valence-corrected chi connectivity index (χ1v) is 12.8. The molecule has 0 amide bonds. The number of allylic oxidation sites excluding steroid dienone is 2. The molecule has 2 unspecified atom stereocenters. The molecule has 2 N–H and O–H groups in total. The zero-order valence-corrected chi connectivity index (χ0v) is 19.1. The number of nitrogens with one attached hydrogen (secondary N) is 1. The molecule has 9 heteroatoms. The van der Waals surface area contributed by atoms with Gasteiger partial charge in [-0.1, -0.05) is 24.3 Å². The summed E-state index contributed by atoms with van der Waals surface area (Å²) in [6.07, 6.45) is 7.15. The lowest BCUT2D eigenvalue weighted by molar-refractivity contribution is -0.138. The van der Waals surface area contributed by atoms with E-state index in [1.54, 1.807) is 0 Å². The van der Waals surface area contributed by atoms with Crippen LogP contribution < -0.4 is 4.72 Å². The number of hydrogen-bond donors (Lipinski definition) is 2. The van der Waals surface area contributed by atoms with Crippen LogP contribution >= 0.6 is 0 Å². The normalized spacial score (nSPS) is 25.8. The molecule has 4 rings (SSSR count). The topological polar surface area (TPSA) is 83.5 Å². The number of rotatable bonds is 10. The zero-order chi connectivity index (χ0) is 24.1. The van der Waals surface area contributed by atoms with Gasteiger partial charge in [0.1, 0.15) is 0 Å². The average molecular weight is 486 g/mol. The molecular weight excluding hydrogens is 455 g/mol. The van der Waals surface area contributed by atoms with Crippen molar-refractivity contribution >= 4 is 22.1 Å². The van der Waals surface area contributed by atoms with Gasteiger partial charge in [-0.3, -0.25) is 4.79 Å². The summed E-state index contributed by atoms with van der Waals surface area (Å²) in [6.45, 7) is 0. The van der Waals surface area contributed by atoms with Crippen molar-refractivity contribution in [3.8, 4) is 0 Å². The van der Waals surface area contributed by atoms with E-state index in [1.807, 2.05) is 12.2 Å². The number of carboxylic acids is 1. The van der Waals surface area contributed by atoms with Gasteiger partial charge in [0.2, 0.25) is 10.0 Å². The predicted molar refractivity (Wildman–Crippen MR) is 121 cm³/mol. The molecular formula is C24H30F3NO4S. The summed E-state index contributed by atoms with van der Waals surface area (Å²) in [5, 5.41) is 9.73. The van der Waals surface area contributed by atoms with Gasteiger partial charge in [0, 0.05) is 17.9 Å². The van der Waals surface area contributed by atoms with Crippen LogP contribution in [0.5, 0.6) is 0 Å². The van der Waals surface area contributed by atoms with Crippen LogP contribution in [0, 0.1) is 17.8 Å². The van der Waals surface area contributed by atoms with Crippen molar-refractivity contribution in [1.82, 2.24) is 4.72 Å². The minimum atomic E-state index is -4.43. The number of hydrogen-bond acceptors (Lipinski definition) is 3. The fourth-order valence-electron chi connectivity index (χ4n) is 5.02. The summed E-state index contributed by atoms with van der Waals surface area (Å²) < 4.78 is 66.4. The molecule has 1 aromatic rings. The Morgan fingerprint density at radius 3 is 2.30 bits per heavy atom. The Balaban J connectivity index is 1.62. The maximum absolute atomic E-state index is 12.7. The second-order valence-electron chi connectivity index (χ2n) is 8.94. The molecule has 0 aliphatic heterocycles. The van der Waals surface area contributed by atoms with Gasteiger partial charge in [-0.05, 0) is 86.5 Å². The van der Waals surface area contributed by atoms with Crippen LogP contribution in [0.15, 0.2) is 41.8 Å². The molecule has 3 aliphatic carbocycles. The van der Waals surface area contributed by atoms with E-state index >= 15 is 0 Å². The SMILES string of the molecule is O=C(O)CCC/C=C/CC1C2CCC(CC2)C1NS(=O)(=O)/C=C/c1ccc(C(F)(F)F)cc1. The number of carbonyl (C=O) groups is 1. The van der Waals surface area contributed by atoms with Gasteiger partial charge in [0.15, 0.2) is 0 Å². The molecule has 0 saturated heterocycles. The van der Waals surface area contributed by atoms with E-state index in [2.05, 4.69) is 4.72 Å². The molecule has 0 spiro atoms. The Bertz CT molecular complexity index is 962. The van der Waals surface area contributed by atoms with Crippen LogP contribution in [-0.2, 0) is 21.0 Å². The summed E-state index contributed by atoms with van der Waals surface area (Å²) in [6, 6.07) is 4.17. The quantitative estimate of drug-likeness (QED) is 0.334. The first-order valence-electron chi connectivity index (χ1n) is 11.3. The first-order chi connectivity index (χ1) is 15.5. The summed E-state index contributed by atoms with van der Waals surface area (Å²) in [4.78, 5) is 10.6. The van der Waals surface area contributed by atoms with Gasteiger partial charge in [-0.15, -0.1) is 0 Å². The summed E-state index contributed by atoms with van der Waals surface area (Å²) in [7, 11) is -3.76. The maximum atomic E-state index is 12.7. The van der Waals surface area contributed by atoms with E-state index in [-0.39, 0.29) is 24.3 Å². The molecule has 2 atom stereocenters. The lowest BCUT2D eigenvalue weighted by Crippen LogP contribution is -2.52. The van der Waals surface area contributed by atoms with Crippen molar-refractivity contribution in [2.75, 3.05) is 0 Å². The van der Waals surface area contributed by atoms with Crippen molar-refractivity contribution in [2.45, 2.75) is 63.6 Å². The van der Waals surface area contributed by atoms with Crippen LogP contribution in [0.2, 0.25) is 0 Å². The zero-order valence-electron chi connectivity index (χ0n) is 18.3. The minimum absolute atomic E-state index is 0.131. The molecule has 182 valence electrons. The van der Waals surface area contributed by atoms with Crippen LogP contribution in [0.4, 0.5) is 13.2 Å². The Labute approximate surface area is 192 Å². The molecule has 33 heavy (non-hydrogen) atoms. The summed E-state index contributed by atoms with van der Waals surface area (Å²) >= 11 is 0. The number of alkyl halides is 3. The Morgan fingerprint density at radius 2 is 1.70 bits per heavy atom. The van der Waals surface area contributed by atoms with E-state index in [4.69, 9.17) is 5.11 Å². The lowest BCUT2D eigenvalue weighted by atomic mass is 9.61. The molecule has 5 nitrogen and oxygen atoms in total. The molecule has 0 heterocycles. The van der Waals surface area contributed by atoms with Crippen molar-refractivity contribution in [1.29, 1.82) is 0 Å². The fourth-order valence-corrected chi connectivity index (χ4v) is 6.18. The fraction of sp³-hybridized carbons (Fsp3) is 0.542. The van der Waals surface area contributed by atoms with E-state index in [0.29, 0.717) is 24.3 Å². The van der Waals surface area contributed by atoms with Crippen LogP contribution in [0.1, 0.15) is 62.5 Å². The highest BCUT2D eigenvalue weighted by Crippen LogP contribution is 2.47. The minimum Gasteiger partial charge on any atom is -0.481 e. The Kier molecular flexibility index (Phi) is 8.39. The molecule has 3 aliphatic rings. The Hall–Kier alpha value is -2.13. The second-order valence-corrected chi connectivity index (χ2v) is 10.5. The second kappa shape index (κ2) is 10.9. The standard InChI is InChI=1S/C24H30F3NO4S/c25-24(26,27)20-13-7-17(8-14-20)15-16-33(31,32)28-23-19-11-9-18(10-12-19)21(23)5-3-1-2-4-6-22(29)30/h1,3,7-8,13-16,18-19,21,23,28H,2,4-6,9-12H2,(H,29,30)/b3-1+,16-15+. The number of unbranched alkanes of at least 4 members (excludes halogenated alkanes) is 1. The van der Waals surface area contributed by atoms with E-state index in [9.17, 15) is 26.4 Å². The van der Waals surface area contributed by atoms with E-state index in [1.165, 1.54) is 18.2 Å². The predicted octanol–water partition coefficient (Wildman–Crippen LogP) is 5.60. The average Bonchev–Trinajstić information content (AvgIpc) is 2.76. The Morgan fingerprint density at radius 1 is 1.06 bits per heavy atom. The molecule has 1 aromatic carbocycles. The van der Waals surface area contributed by atoms with Crippen molar-refractivity contribution in [3.63, 3.8) is 0 Å². The third-order valence-corrected chi connectivity index (χ3v) is 7.80. The molecule has 3 fully saturated rings. The van der Waals surface area contributed by atoms with Crippen molar-refractivity contribution in [2.24, 2.45) is 17.8 Å².